The Kier molecular flexibility index (Phi) is 9.55. The molecule has 0 N–H and O–H groups in total. The van der Waals surface area contributed by atoms with Gasteiger partial charge in [0, 0.05) is 0 Å². The van der Waals surface area contributed by atoms with Crippen molar-refractivity contribution in [3.63, 3.8) is 0 Å². The van der Waals surface area contributed by atoms with Crippen LogP contribution in [0.2, 0.25) is 0 Å². The molecule has 3 aromatic carbocycles. The quantitative estimate of drug-likeness (QED) is 0.214. The highest BCUT2D eigenvalue weighted by Crippen LogP contribution is 2.37. The van der Waals surface area contributed by atoms with Gasteiger partial charge in [0.2, 0.25) is 0 Å². The third-order valence-electron chi connectivity index (χ3n) is 7.24. The molecule has 1 aliphatic rings. The van der Waals surface area contributed by atoms with Gasteiger partial charge in [-0.05, 0) is 84.2 Å². The fourth-order valence-corrected chi connectivity index (χ4v) is 5.04. The second-order valence-corrected chi connectivity index (χ2v) is 9.81. The fourth-order valence-electron chi connectivity index (χ4n) is 5.04. The number of allylic oxidation sites excluding steroid dienone is 3. The van der Waals surface area contributed by atoms with Gasteiger partial charge in [0.05, 0.1) is 13.2 Å². The second kappa shape index (κ2) is 13.3. The first-order chi connectivity index (χ1) is 17.3. The predicted octanol–water partition coefficient (Wildman–Crippen LogP) is 9.74. The molecule has 1 fully saturated rings. The van der Waals surface area contributed by atoms with Crippen LogP contribution in [0.3, 0.4) is 0 Å². The van der Waals surface area contributed by atoms with Gasteiger partial charge >= 0.3 is 0 Å². The number of ether oxygens (including phenoxy) is 1. The highest BCUT2D eigenvalue weighted by molar-refractivity contribution is 5.70. The van der Waals surface area contributed by atoms with Crippen LogP contribution in [0.15, 0.2) is 97.1 Å². The van der Waals surface area contributed by atoms with E-state index < -0.39 is 0 Å². The Hall–Kier alpha value is -2.90. The second-order valence-electron chi connectivity index (χ2n) is 9.81. The molecule has 0 amide bonds. The van der Waals surface area contributed by atoms with Gasteiger partial charge in [-0.3, -0.25) is 0 Å². The maximum Gasteiger partial charge on any atom is 0.0721 e. The Morgan fingerprint density at radius 3 is 1.80 bits per heavy atom. The minimum absolute atomic E-state index is 0.650. The van der Waals surface area contributed by atoms with E-state index in [-0.39, 0.29) is 0 Å². The van der Waals surface area contributed by atoms with Crippen molar-refractivity contribution >= 4 is 0 Å². The molecule has 0 aliphatic heterocycles. The SMILES string of the molecule is CC=CCOCc1ccc(-c2ccc(-c3ccc(C4CCC(C=CCCC)CC4)cc3)cc2)cc1. The van der Waals surface area contributed by atoms with Gasteiger partial charge < -0.3 is 4.74 Å². The summed E-state index contributed by atoms with van der Waals surface area (Å²) >= 11 is 0. The molecule has 0 aromatic heterocycles. The Balaban J connectivity index is 1.32. The molecule has 35 heavy (non-hydrogen) atoms. The molecule has 0 saturated heterocycles. The van der Waals surface area contributed by atoms with Crippen molar-refractivity contribution in [1.82, 2.24) is 0 Å². The molecule has 1 heteroatoms. The van der Waals surface area contributed by atoms with Crippen molar-refractivity contribution in [2.24, 2.45) is 5.92 Å². The lowest BCUT2D eigenvalue weighted by Gasteiger charge is -2.27. The van der Waals surface area contributed by atoms with Gasteiger partial charge in [0.15, 0.2) is 0 Å². The van der Waals surface area contributed by atoms with Gasteiger partial charge in [-0.1, -0.05) is 110 Å². The van der Waals surface area contributed by atoms with Gasteiger partial charge in [-0.15, -0.1) is 0 Å². The van der Waals surface area contributed by atoms with E-state index in [9.17, 15) is 0 Å². The van der Waals surface area contributed by atoms with E-state index >= 15 is 0 Å². The molecule has 0 spiro atoms. The molecule has 4 rings (SSSR count). The maximum absolute atomic E-state index is 5.65. The summed E-state index contributed by atoms with van der Waals surface area (Å²) in [5.74, 6) is 1.52. The number of benzene rings is 3. The summed E-state index contributed by atoms with van der Waals surface area (Å²) in [5.41, 5.74) is 7.78. The van der Waals surface area contributed by atoms with Gasteiger partial charge in [-0.2, -0.15) is 0 Å². The van der Waals surface area contributed by atoms with E-state index in [0.29, 0.717) is 13.2 Å². The minimum atomic E-state index is 0.650. The van der Waals surface area contributed by atoms with E-state index in [1.54, 1.807) is 0 Å². The van der Waals surface area contributed by atoms with Crippen molar-refractivity contribution in [3.05, 3.63) is 108 Å². The van der Waals surface area contributed by atoms with Crippen molar-refractivity contribution in [2.75, 3.05) is 6.61 Å². The van der Waals surface area contributed by atoms with Crippen molar-refractivity contribution in [3.8, 4) is 22.3 Å². The van der Waals surface area contributed by atoms with E-state index in [0.717, 1.165) is 11.8 Å². The Morgan fingerprint density at radius 2 is 1.26 bits per heavy atom. The Morgan fingerprint density at radius 1 is 0.714 bits per heavy atom. The Bertz CT molecular complexity index is 1060. The lowest BCUT2D eigenvalue weighted by Crippen LogP contribution is -2.11. The maximum atomic E-state index is 5.65. The first-order valence-electron chi connectivity index (χ1n) is 13.4. The number of hydrogen-bond acceptors (Lipinski definition) is 1. The highest BCUT2D eigenvalue weighted by Gasteiger charge is 2.20. The molecule has 0 heterocycles. The first kappa shape index (κ1) is 25.2. The number of hydrogen-bond donors (Lipinski definition) is 0. The molecule has 0 unspecified atom stereocenters. The summed E-state index contributed by atoms with van der Waals surface area (Å²) in [6.07, 6.45) is 16.7. The van der Waals surface area contributed by atoms with Crippen LogP contribution in [-0.4, -0.2) is 6.61 Å². The van der Waals surface area contributed by atoms with E-state index in [1.807, 2.05) is 19.1 Å². The Labute approximate surface area is 212 Å². The van der Waals surface area contributed by atoms with Crippen LogP contribution in [0.4, 0.5) is 0 Å². The van der Waals surface area contributed by atoms with Crippen LogP contribution >= 0.6 is 0 Å². The molecule has 0 bridgehead atoms. The van der Waals surface area contributed by atoms with Crippen molar-refractivity contribution in [1.29, 1.82) is 0 Å². The monoisotopic (exact) mass is 464 g/mol. The third kappa shape index (κ3) is 7.29. The van der Waals surface area contributed by atoms with Crippen LogP contribution in [0, 0.1) is 5.92 Å². The van der Waals surface area contributed by atoms with Gasteiger partial charge in [0.25, 0.3) is 0 Å². The standard InChI is InChI=1S/C34H40O/c1-3-5-7-8-27-9-13-29(14-10-27)31-17-21-33(22-18-31)34-23-19-32(20-24-34)30-15-11-28(12-16-30)26-35-25-6-4-2/h4,6-8,11-12,15-24,27,29H,3,5,9-10,13-14,25-26H2,1-2H3. The molecule has 1 saturated carbocycles. The van der Waals surface area contributed by atoms with Gasteiger partial charge in [0.1, 0.15) is 0 Å². The lowest BCUT2D eigenvalue weighted by molar-refractivity contribution is 0.148. The number of unbranched alkanes of at least 4 members (excludes halogenated alkanes) is 1. The van der Waals surface area contributed by atoms with Crippen molar-refractivity contribution < 1.29 is 4.74 Å². The van der Waals surface area contributed by atoms with Crippen LogP contribution in [0.1, 0.15) is 69.4 Å². The predicted molar refractivity (Wildman–Crippen MR) is 151 cm³/mol. The highest BCUT2D eigenvalue weighted by atomic mass is 16.5. The normalized spacial score (nSPS) is 18.5. The van der Waals surface area contributed by atoms with Crippen LogP contribution < -0.4 is 0 Å². The average Bonchev–Trinajstić information content (AvgIpc) is 2.92. The van der Waals surface area contributed by atoms with Crippen molar-refractivity contribution in [2.45, 2.75) is 64.9 Å². The zero-order valence-corrected chi connectivity index (χ0v) is 21.5. The van der Waals surface area contributed by atoms with E-state index in [4.69, 9.17) is 4.74 Å². The topological polar surface area (TPSA) is 9.23 Å². The largest absolute Gasteiger partial charge is 0.373 e. The molecule has 3 aromatic rings. The smallest absolute Gasteiger partial charge is 0.0721 e. The summed E-state index contributed by atoms with van der Waals surface area (Å²) < 4.78 is 5.65. The summed E-state index contributed by atoms with van der Waals surface area (Å²) in [5, 5.41) is 0. The van der Waals surface area contributed by atoms with E-state index in [1.165, 1.54) is 71.9 Å². The molecule has 182 valence electrons. The number of rotatable bonds is 10. The molecule has 1 nitrogen and oxygen atoms in total. The first-order valence-corrected chi connectivity index (χ1v) is 13.4. The van der Waals surface area contributed by atoms with Crippen LogP contribution in [0.25, 0.3) is 22.3 Å². The molecule has 0 atom stereocenters. The lowest BCUT2D eigenvalue weighted by atomic mass is 9.78. The zero-order valence-electron chi connectivity index (χ0n) is 21.5. The van der Waals surface area contributed by atoms with Gasteiger partial charge in [-0.25, -0.2) is 0 Å². The third-order valence-corrected chi connectivity index (χ3v) is 7.24. The van der Waals surface area contributed by atoms with E-state index in [2.05, 4.69) is 91.9 Å². The molecule has 0 radical (unpaired) electrons. The summed E-state index contributed by atoms with van der Waals surface area (Å²) in [4.78, 5) is 0. The minimum Gasteiger partial charge on any atom is -0.373 e. The molecular formula is C34H40O. The van der Waals surface area contributed by atoms with Crippen LogP contribution in [0.5, 0.6) is 0 Å². The summed E-state index contributed by atoms with van der Waals surface area (Å²) in [6.45, 7) is 5.58. The summed E-state index contributed by atoms with van der Waals surface area (Å²) in [6, 6.07) is 27.0. The fraction of sp³-hybridized carbons (Fsp3) is 0.353. The average molecular weight is 465 g/mol. The zero-order chi connectivity index (χ0) is 24.3. The molecular weight excluding hydrogens is 424 g/mol. The van der Waals surface area contributed by atoms with Crippen LogP contribution in [-0.2, 0) is 11.3 Å². The summed E-state index contributed by atoms with van der Waals surface area (Å²) in [7, 11) is 0. The molecule has 1 aliphatic carbocycles.